The highest BCUT2D eigenvalue weighted by Gasteiger charge is 2.20. The van der Waals surface area contributed by atoms with E-state index in [0.29, 0.717) is 12.2 Å². The maximum atomic E-state index is 13.1. The van der Waals surface area contributed by atoms with E-state index in [1.165, 1.54) is 33.7 Å². The van der Waals surface area contributed by atoms with Gasteiger partial charge in [0.1, 0.15) is 5.82 Å². The Bertz CT molecular complexity index is 879. The monoisotopic (exact) mass is 359 g/mol. The van der Waals surface area contributed by atoms with Gasteiger partial charge < -0.3 is 4.90 Å². The van der Waals surface area contributed by atoms with E-state index in [1.54, 1.807) is 32.5 Å². The first-order chi connectivity index (χ1) is 12.0. The van der Waals surface area contributed by atoms with Crippen LogP contribution in [0.3, 0.4) is 0 Å². The summed E-state index contributed by atoms with van der Waals surface area (Å²) < 4.78 is 14.9. The molecule has 1 N–H and O–H groups in total. The van der Waals surface area contributed by atoms with E-state index in [-0.39, 0.29) is 22.3 Å². The predicted molar refractivity (Wildman–Crippen MR) is 98.4 cm³/mol. The molecule has 0 radical (unpaired) electrons. The zero-order chi connectivity index (χ0) is 18.4. The van der Waals surface area contributed by atoms with Gasteiger partial charge in [-0.1, -0.05) is 12.7 Å². The molecule has 25 heavy (non-hydrogen) atoms. The number of nitrogens with zero attached hydrogens (tertiary/aromatic N) is 4. The molecule has 0 fully saturated rings. The Hall–Kier alpha value is -2.87. The van der Waals surface area contributed by atoms with E-state index in [1.807, 2.05) is 0 Å². The lowest BCUT2D eigenvalue weighted by atomic mass is 10.2. The van der Waals surface area contributed by atoms with Crippen molar-refractivity contribution in [3.05, 3.63) is 65.0 Å². The quantitative estimate of drug-likeness (QED) is 0.490. The molecule has 1 amide bonds. The van der Waals surface area contributed by atoms with E-state index in [9.17, 15) is 9.18 Å². The van der Waals surface area contributed by atoms with Crippen LogP contribution < -0.4 is 0 Å². The van der Waals surface area contributed by atoms with Gasteiger partial charge in [-0.3, -0.25) is 19.5 Å². The molecule has 0 aliphatic carbocycles. The highest BCUT2D eigenvalue weighted by atomic mass is 32.1. The number of benzene rings is 1. The Labute approximate surface area is 150 Å². The van der Waals surface area contributed by atoms with Gasteiger partial charge in [-0.25, -0.2) is 4.39 Å². The number of allylic oxidation sites excluding steroid dienone is 1. The normalized spacial score (nSPS) is 11.7. The fraction of sp³-hybridized carbons (Fsp3) is 0.176. The minimum absolute atomic E-state index is 0.117. The first-order valence-electron chi connectivity index (χ1n) is 7.40. The summed E-state index contributed by atoms with van der Waals surface area (Å²) in [6.07, 6.45) is 5.06. The number of carbonyl (C=O) groups excluding carboxylic acids is 1. The third-order valence-electron chi connectivity index (χ3n) is 3.41. The Balaban J connectivity index is 2.32. The minimum atomic E-state index is -0.373. The topological polar surface area (TPSA) is 66.3 Å². The van der Waals surface area contributed by atoms with Crippen molar-refractivity contribution in [2.24, 2.45) is 4.99 Å². The van der Waals surface area contributed by atoms with Crippen molar-refractivity contribution in [1.82, 2.24) is 19.7 Å². The van der Waals surface area contributed by atoms with Crippen molar-refractivity contribution < 1.29 is 9.18 Å². The molecule has 0 aliphatic heterocycles. The predicted octanol–water partition coefficient (Wildman–Crippen LogP) is 2.95. The summed E-state index contributed by atoms with van der Waals surface area (Å²) in [5, 5.41) is 6.63. The van der Waals surface area contributed by atoms with E-state index in [0.717, 1.165) is 5.57 Å². The summed E-state index contributed by atoms with van der Waals surface area (Å²) in [7, 11) is 3.31. The minimum Gasteiger partial charge on any atom is -0.335 e. The molecule has 1 aromatic carbocycles. The third kappa shape index (κ3) is 4.36. The molecule has 6 nitrogen and oxygen atoms in total. The lowest BCUT2D eigenvalue weighted by Crippen LogP contribution is -2.30. The van der Waals surface area contributed by atoms with Gasteiger partial charge in [0.05, 0.1) is 5.69 Å². The average molecular weight is 359 g/mol. The number of halogens is 1. The van der Waals surface area contributed by atoms with Crippen molar-refractivity contribution in [2.45, 2.75) is 0 Å². The van der Waals surface area contributed by atoms with Crippen LogP contribution in [0.2, 0.25) is 0 Å². The fourth-order valence-electron chi connectivity index (χ4n) is 2.14. The number of carbonyl (C=O) groups is 1. The van der Waals surface area contributed by atoms with Gasteiger partial charge in [0, 0.05) is 26.9 Å². The lowest BCUT2D eigenvalue weighted by Gasteiger charge is -2.17. The number of nitrogens with one attached hydrogen (secondary N) is 1. The number of hydrogen-bond acceptors (Lipinski definition) is 4. The SMILES string of the molecule is C=C/C(=C\C=NC)CN(C)C(=O)c1n[nH]c(=S)n1-c1ccc(F)cc1. The number of hydrogen-bond donors (Lipinski definition) is 1. The number of aromatic nitrogens is 3. The highest BCUT2D eigenvalue weighted by Crippen LogP contribution is 2.14. The summed E-state index contributed by atoms with van der Waals surface area (Å²) in [5.74, 6) is -0.591. The number of rotatable bonds is 6. The van der Waals surface area contributed by atoms with Gasteiger partial charge in [-0.15, -0.1) is 5.10 Å². The molecule has 130 valence electrons. The van der Waals surface area contributed by atoms with Crippen LogP contribution in [-0.4, -0.2) is 52.4 Å². The molecule has 1 aromatic heterocycles. The summed E-state index contributed by atoms with van der Waals surface area (Å²) >= 11 is 5.20. The number of aromatic amines is 1. The average Bonchev–Trinajstić information content (AvgIpc) is 3.00. The van der Waals surface area contributed by atoms with Crippen LogP contribution in [-0.2, 0) is 0 Å². The first-order valence-corrected chi connectivity index (χ1v) is 7.81. The molecule has 0 saturated heterocycles. The molecule has 0 bridgehead atoms. The van der Waals surface area contributed by atoms with Crippen LogP contribution in [0, 0.1) is 10.6 Å². The Morgan fingerprint density at radius 1 is 1.48 bits per heavy atom. The maximum absolute atomic E-state index is 13.1. The third-order valence-corrected chi connectivity index (χ3v) is 3.69. The first kappa shape index (κ1) is 18.5. The summed E-state index contributed by atoms with van der Waals surface area (Å²) in [4.78, 5) is 18.1. The van der Waals surface area contributed by atoms with Gasteiger partial charge in [-0.2, -0.15) is 0 Å². The second-order valence-corrected chi connectivity index (χ2v) is 5.57. The van der Waals surface area contributed by atoms with Gasteiger partial charge in [-0.05, 0) is 48.1 Å². The fourth-order valence-corrected chi connectivity index (χ4v) is 2.38. The number of H-pyrrole nitrogens is 1. The summed E-state index contributed by atoms with van der Waals surface area (Å²) in [5.41, 5.74) is 1.37. The molecule has 0 aliphatic rings. The smallest absolute Gasteiger partial charge is 0.292 e. The van der Waals surface area contributed by atoms with Gasteiger partial charge in [0.15, 0.2) is 4.77 Å². The van der Waals surface area contributed by atoms with Crippen molar-refractivity contribution >= 4 is 24.3 Å². The molecular formula is C17H18FN5OS. The number of aliphatic imine (C=N–C) groups is 1. The van der Waals surface area contributed by atoms with Crippen molar-refractivity contribution in [2.75, 3.05) is 20.6 Å². The molecule has 2 aromatic rings. The number of amides is 1. The molecule has 0 unspecified atom stereocenters. The lowest BCUT2D eigenvalue weighted by molar-refractivity contribution is 0.0793. The molecule has 0 spiro atoms. The van der Waals surface area contributed by atoms with Crippen LogP contribution in [0.1, 0.15) is 10.6 Å². The highest BCUT2D eigenvalue weighted by molar-refractivity contribution is 7.71. The molecule has 1 heterocycles. The molecular weight excluding hydrogens is 341 g/mol. The van der Waals surface area contributed by atoms with Gasteiger partial charge in [0.25, 0.3) is 5.91 Å². The summed E-state index contributed by atoms with van der Waals surface area (Å²) in [6.45, 7) is 4.06. The van der Waals surface area contributed by atoms with Gasteiger partial charge in [0.2, 0.25) is 5.82 Å². The summed E-state index contributed by atoms with van der Waals surface area (Å²) in [6, 6.07) is 5.66. The standard InChI is InChI=1S/C17H18FN5OS/c1-4-12(9-10-19-2)11-22(3)16(24)15-20-21-17(25)23(15)14-7-5-13(18)6-8-14/h4-10H,1,11H2,2-3H3,(H,21,25)/b12-9+,19-10?. The maximum Gasteiger partial charge on any atom is 0.292 e. The second kappa shape index (κ2) is 8.29. The van der Waals surface area contributed by atoms with Crippen LogP contribution in [0.5, 0.6) is 0 Å². The Kier molecular flexibility index (Phi) is 6.13. The van der Waals surface area contributed by atoms with Crippen molar-refractivity contribution in [3.8, 4) is 5.69 Å². The largest absolute Gasteiger partial charge is 0.335 e. The van der Waals surface area contributed by atoms with Crippen molar-refractivity contribution in [3.63, 3.8) is 0 Å². The second-order valence-electron chi connectivity index (χ2n) is 5.18. The van der Waals surface area contributed by atoms with E-state index < -0.39 is 0 Å². The van der Waals surface area contributed by atoms with Crippen LogP contribution >= 0.6 is 12.2 Å². The van der Waals surface area contributed by atoms with E-state index >= 15 is 0 Å². The van der Waals surface area contributed by atoms with Gasteiger partial charge >= 0.3 is 0 Å². The number of likely N-dealkylation sites (N-methyl/N-ethyl adjacent to an activating group) is 1. The van der Waals surface area contributed by atoms with Crippen LogP contribution in [0.15, 0.2) is 53.6 Å². The van der Waals surface area contributed by atoms with Crippen LogP contribution in [0.25, 0.3) is 5.69 Å². The van der Waals surface area contributed by atoms with Crippen molar-refractivity contribution in [1.29, 1.82) is 0 Å². The van der Waals surface area contributed by atoms with Crippen LogP contribution in [0.4, 0.5) is 4.39 Å². The van der Waals surface area contributed by atoms with E-state index in [4.69, 9.17) is 12.2 Å². The molecule has 2 rings (SSSR count). The molecule has 0 atom stereocenters. The van der Waals surface area contributed by atoms with E-state index in [2.05, 4.69) is 21.8 Å². The Morgan fingerprint density at radius 3 is 2.76 bits per heavy atom. The Morgan fingerprint density at radius 2 is 2.16 bits per heavy atom. The zero-order valence-corrected chi connectivity index (χ0v) is 14.8. The molecule has 8 heteroatoms. The molecule has 0 saturated carbocycles. The zero-order valence-electron chi connectivity index (χ0n) is 13.9.